The third kappa shape index (κ3) is 2.10. The van der Waals surface area contributed by atoms with E-state index in [9.17, 15) is 4.79 Å². The highest BCUT2D eigenvalue weighted by Gasteiger charge is 2.13. The zero-order valence-corrected chi connectivity index (χ0v) is 8.76. The molecule has 2 rings (SSSR count). The van der Waals surface area contributed by atoms with Gasteiger partial charge in [-0.05, 0) is 30.2 Å². The number of hydrogen-bond donors (Lipinski definition) is 3. The lowest BCUT2D eigenvalue weighted by molar-refractivity contribution is 0.254. The fourth-order valence-corrected chi connectivity index (χ4v) is 1.82. The molecule has 0 aliphatic carbocycles. The van der Waals surface area contributed by atoms with Gasteiger partial charge in [-0.25, -0.2) is 4.79 Å². The molecule has 4 heteroatoms. The summed E-state index contributed by atoms with van der Waals surface area (Å²) in [5.74, 6) is 0. The van der Waals surface area contributed by atoms with Crippen LogP contribution < -0.4 is 16.0 Å². The van der Waals surface area contributed by atoms with Crippen molar-refractivity contribution in [3.8, 4) is 0 Å². The minimum atomic E-state index is -0.172. The Morgan fingerprint density at radius 3 is 3.13 bits per heavy atom. The van der Waals surface area contributed by atoms with Crippen LogP contribution >= 0.6 is 0 Å². The first kappa shape index (κ1) is 9.98. The van der Waals surface area contributed by atoms with Crippen LogP contribution in [0.2, 0.25) is 0 Å². The van der Waals surface area contributed by atoms with E-state index in [-0.39, 0.29) is 6.03 Å². The van der Waals surface area contributed by atoms with Gasteiger partial charge in [0.05, 0.1) is 0 Å². The molecule has 0 aromatic heterocycles. The van der Waals surface area contributed by atoms with Crippen LogP contribution in [0.4, 0.5) is 10.5 Å². The number of anilines is 1. The number of benzene rings is 1. The van der Waals surface area contributed by atoms with Gasteiger partial charge in [-0.1, -0.05) is 12.1 Å². The van der Waals surface area contributed by atoms with E-state index in [1.807, 2.05) is 12.1 Å². The van der Waals surface area contributed by atoms with E-state index >= 15 is 0 Å². The normalized spacial score (nSPS) is 14.2. The monoisotopic (exact) mass is 205 g/mol. The van der Waals surface area contributed by atoms with Crippen molar-refractivity contribution in [1.82, 2.24) is 10.6 Å². The molecule has 15 heavy (non-hydrogen) atoms. The van der Waals surface area contributed by atoms with E-state index in [4.69, 9.17) is 0 Å². The van der Waals surface area contributed by atoms with Gasteiger partial charge >= 0.3 is 6.03 Å². The van der Waals surface area contributed by atoms with Crippen LogP contribution in [0.1, 0.15) is 11.1 Å². The fourth-order valence-electron chi connectivity index (χ4n) is 1.82. The van der Waals surface area contributed by atoms with Gasteiger partial charge in [0.1, 0.15) is 0 Å². The van der Waals surface area contributed by atoms with Gasteiger partial charge in [0, 0.05) is 19.3 Å². The largest absolute Gasteiger partial charge is 0.341 e. The molecule has 4 nitrogen and oxygen atoms in total. The van der Waals surface area contributed by atoms with Crippen LogP contribution in [0.15, 0.2) is 18.2 Å². The van der Waals surface area contributed by atoms with Crippen LogP contribution in [-0.4, -0.2) is 19.6 Å². The summed E-state index contributed by atoms with van der Waals surface area (Å²) in [7, 11) is 1.61. The maximum absolute atomic E-state index is 11.2. The Bertz CT molecular complexity index is 376. The first-order valence-corrected chi connectivity index (χ1v) is 5.11. The maximum Gasteiger partial charge on any atom is 0.318 e. The molecule has 0 radical (unpaired) electrons. The van der Waals surface area contributed by atoms with Crippen LogP contribution in [0.3, 0.4) is 0 Å². The molecule has 3 N–H and O–H groups in total. The number of carbonyl (C=O) groups excluding carboxylic acids is 1. The zero-order chi connectivity index (χ0) is 10.7. The van der Waals surface area contributed by atoms with Gasteiger partial charge in [0.2, 0.25) is 0 Å². The Balaban J connectivity index is 2.27. The van der Waals surface area contributed by atoms with Crippen molar-refractivity contribution in [3.05, 3.63) is 29.3 Å². The summed E-state index contributed by atoms with van der Waals surface area (Å²) in [5.41, 5.74) is 3.43. The molecule has 1 aliphatic rings. The SMILES string of the molecule is CNC(=O)Nc1cccc2c1CNCC2. The van der Waals surface area contributed by atoms with Crippen LogP contribution in [0.5, 0.6) is 0 Å². The number of nitrogens with one attached hydrogen (secondary N) is 3. The molecule has 0 saturated carbocycles. The van der Waals surface area contributed by atoms with E-state index < -0.39 is 0 Å². The van der Waals surface area contributed by atoms with Crippen molar-refractivity contribution in [3.63, 3.8) is 0 Å². The van der Waals surface area contributed by atoms with Gasteiger partial charge in [0.15, 0.2) is 0 Å². The Kier molecular flexibility index (Phi) is 2.87. The minimum Gasteiger partial charge on any atom is -0.341 e. The van der Waals surface area contributed by atoms with Crippen LogP contribution in [-0.2, 0) is 13.0 Å². The summed E-state index contributed by atoms with van der Waals surface area (Å²) in [6.07, 6.45) is 1.03. The summed E-state index contributed by atoms with van der Waals surface area (Å²) in [4.78, 5) is 11.2. The topological polar surface area (TPSA) is 53.2 Å². The zero-order valence-electron chi connectivity index (χ0n) is 8.76. The molecule has 1 heterocycles. The number of hydrogen-bond acceptors (Lipinski definition) is 2. The quantitative estimate of drug-likeness (QED) is 0.642. The van der Waals surface area contributed by atoms with Crippen molar-refractivity contribution in [2.75, 3.05) is 18.9 Å². The molecule has 0 bridgehead atoms. The van der Waals surface area contributed by atoms with Gasteiger partial charge in [-0.3, -0.25) is 0 Å². The van der Waals surface area contributed by atoms with Gasteiger partial charge in [-0.15, -0.1) is 0 Å². The lowest BCUT2D eigenvalue weighted by Crippen LogP contribution is -2.28. The first-order chi connectivity index (χ1) is 7.31. The van der Waals surface area contributed by atoms with Gasteiger partial charge in [-0.2, -0.15) is 0 Å². The number of rotatable bonds is 1. The molecule has 0 atom stereocenters. The van der Waals surface area contributed by atoms with E-state index in [2.05, 4.69) is 22.0 Å². The summed E-state index contributed by atoms with van der Waals surface area (Å²) in [5, 5.41) is 8.68. The van der Waals surface area contributed by atoms with E-state index in [1.54, 1.807) is 7.05 Å². The third-order valence-corrected chi connectivity index (χ3v) is 2.62. The molecule has 0 spiro atoms. The second-order valence-electron chi connectivity index (χ2n) is 3.57. The van der Waals surface area contributed by atoms with Crippen molar-refractivity contribution in [1.29, 1.82) is 0 Å². The third-order valence-electron chi connectivity index (χ3n) is 2.62. The molecule has 1 aromatic carbocycles. The average Bonchev–Trinajstić information content (AvgIpc) is 2.29. The second-order valence-corrected chi connectivity index (χ2v) is 3.57. The molecule has 1 aromatic rings. The van der Waals surface area contributed by atoms with E-state index in [1.165, 1.54) is 11.1 Å². The Labute approximate surface area is 89.1 Å². The molecule has 0 fully saturated rings. The average molecular weight is 205 g/mol. The summed E-state index contributed by atoms with van der Waals surface area (Å²) < 4.78 is 0. The van der Waals surface area contributed by atoms with Crippen molar-refractivity contribution < 1.29 is 4.79 Å². The second kappa shape index (κ2) is 4.31. The van der Waals surface area contributed by atoms with E-state index in [0.717, 1.165) is 25.2 Å². The predicted molar refractivity (Wildman–Crippen MR) is 59.9 cm³/mol. The Morgan fingerprint density at radius 2 is 2.33 bits per heavy atom. The maximum atomic E-state index is 11.2. The van der Waals surface area contributed by atoms with Gasteiger partial charge < -0.3 is 16.0 Å². The number of carbonyl (C=O) groups is 1. The molecule has 0 saturated heterocycles. The number of urea groups is 1. The number of amides is 2. The number of fused-ring (bicyclic) bond motifs is 1. The lowest BCUT2D eigenvalue weighted by atomic mass is 9.99. The lowest BCUT2D eigenvalue weighted by Gasteiger charge is -2.20. The molecular formula is C11H15N3O. The molecule has 2 amide bonds. The molecule has 1 aliphatic heterocycles. The van der Waals surface area contributed by atoms with E-state index in [0.29, 0.717) is 0 Å². The standard InChI is InChI=1S/C11H15N3O/c1-12-11(15)14-10-4-2-3-8-5-6-13-7-9(8)10/h2-4,13H,5-7H2,1H3,(H2,12,14,15). The minimum absolute atomic E-state index is 0.172. The highest BCUT2D eigenvalue weighted by molar-refractivity contribution is 5.90. The summed E-state index contributed by atoms with van der Waals surface area (Å²) in [6.45, 7) is 1.84. The molecule has 0 unspecified atom stereocenters. The molecular weight excluding hydrogens is 190 g/mol. The van der Waals surface area contributed by atoms with Crippen LogP contribution in [0, 0.1) is 0 Å². The molecule has 80 valence electrons. The fraction of sp³-hybridized carbons (Fsp3) is 0.364. The highest BCUT2D eigenvalue weighted by atomic mass is 16.2. The Morgan fingerprint density at radius 1 is 1.47 bits per heavy atom. The van der Waals surface area contributed by atoms with Crippen LogP contribution in [0.25, 0.3) is 0 Å². The first-order valence-electron chi connectivity index (χ1n) is 5.11. The summed E-state index contributed by atoms with van der Waals surface area (Å²) >= 11 is 0. The van der Waals surface area contributed by atoms with Gasteiger partial charge in [0.25, 0.3) is 0 Å². The predicted octanol–water partition coefficient (Wildman–Crippen LogP) is 1.08. The van der Waals surface area contributed by atoms with Crippen molar-refractivity contribution >= 4 is 11.7 Å². The summed E-state index contributed by atoms with van der Waals surface area (Å²) in [6, 6.07) is 5.86. The van der Waals surface area contributed by atoms with Crippen molar-refractivity contribution in [2.45, 2.75) is 13.0 Å². The van der Waals surface area contributed by atoms with Crippen molar-refractivity contribution in [2.24, 2.45) is 0 Å². The Hall–Kier alpha value is -1.55. The highest BCUT2D eigenvalue weighted by Crippen LogP contribution is 2.22. The smallest absolute Gasteiger partial charge is 0.318 e.